The summed E-state index contributed by atoms with van der Waals surface area (Å²) in [4.78, 5) is 4.42. The normalized spacial score (nSPS) is 12.3. The molecule has 106 valence electrons. The molecule has 0 radical (unpaired) electrons. The van der Waals surface area contributed by atoms with Gasteiger partial charge in [-0.1, -0.05) is 6.07 Å². The van der Waals surface area contributed by atoms with E-state index in [1.807, 2.05) is 26.0 Å². The Morgan fingerprint density at radius 2 is 1.85 bits per heavy atom. The first-order chi connectivity index (χ1) is 9.43. The van der Waals surface area contributed by atoms with Gasteiger partial charge in [-0.3, -0.25) is 4.98 Å². The van der Waals surface area contributed by atoms with Gasteiger partial charge in [0.05, 0.1) is 18.8 Å². The number of benzene rings is 1. The van der Waals surface area contributed by atoms with Crippen molar-refractivity contribution in [3.8, 4) is 5.75 Å². The van der Waals surface area contributed by atoms with Crippen molar-refractivity contribution in [2.24, 2.45) is 5.73 Å². The first kappa shape index (κ1) is 15.5. The first-order valence-corrected chi connectivity index (χ1v) is 7.74. The van der Waals surface area contributed by atoms with E-state index in [9.17, 15) is 0 Å². The molecule has 0 aliphatic rings. The van der Waals surface area contributed by atoms with Gasteiger partial charge in [0.25, 0.3) is 0 Å². The van der Waals surface area contributed by atoms with Crippen LogP contribution in [0.25, 0.3) is 0 Å². The van der Waals surface area contributed by atoms with Gasteiger partial charge in [-0.25, -0.2) is 0 Å². The molecule has 0 aliphatic carbocycles. The zero-order valence-electron chi connectivity index (χ0n) is 11.6. The van der Waals surface area contributed by atoms with Crippen molar-refractivity contribution in [3.05, 3.63) is 55.7 Å². The van der Waals surface area contributed by atoms with Crippen LogP contribution in [0, 0.1) is 13.8 Å². The van der Waals surface area contributed by atoms with Crippen LogP contribution in [0.15, 0.2) is 33.3 Å². The monoisotopic (exact) mass is 398 g/mol. The Bertz CT molecular complexity index is 644. The number of nitrogens with zero attached hydrogens (tertiary/aromatic N) is 1. The van der Waals surface area contributed by atoms with E-state index in [-0.39, 0.29) is 6.04 Å². The van der Waals surface area contributed by atoms with E-state index in [0.29, 0.717) is 0 Å². The van der Waals surface area contributed by atoms with E-state index < -0.39 is 0 Å². The lowest BCUT2D eigenvalue weighted by Crippen LogP contribution is -2.16. The van der Waals surface area contributed by atoms with Crippen molar-refractivity contribution >= 4 is 31.9 Å². The third-order valence-corrected chi connectivity index (χ3v) is 4.32. The van der Waals surface area contributed by atoms with Gasteiger partial charge in [-0.2, -0.15) is 0 Å². The molecule has 1 aromatic heterocycles. The number of hydrogen-bond donors (Lipinski definition) is 1. The van der Waals surface area contributed by atoms with Crippen LogP contribution in [0.5, 0.6) is 5.75 Å². The molecule has 20 heavy (non-hydrogen) atoms. The number of hydrogen-bond acceptors (Lipinski definition) is 3. The second-order valence-corrected chi connectivity index (χ2v) is 6.45. The molecule has 3 nitrogen and oxygen atoms in total. The Morgan fingerprint density at radius 3 is 2.45 bits per heavy atom. The van der Waals surface area contributed by atoms with E-state index in [2.05, 4.69) is 42.9 Å². The summed E-state index contributed by atoms with van der Waals surface area (Å²) < 4.78 is 7.15. The lowest BCUT2D eigenvalue weighted by atomic mass is 9.96. The lowest BCUT2D eigenvalue weighted by molar-refractivity contribution is 0.411. The Morgan fingerprint density at radius 1 is 1.15 bits per heavy atom. The molecule has 0 spiro atoms. The molecule has 1 aromatic carbocycles. The van der Waals surface area contributed by atoms with E-state index in [1.54, 1.807) is 13.3 Å². The van der Waals surface area contributed by atoms with Crippen molar-refractivity contribution in [2.45, 2.75) is 19.9 Å². The molecule has 1 atom stereocenters. The molecule has 5 heteroatoms. The van der Waals surface area contributed by atoms with Gasteiger partial charge < -0.3 is 10.5 Å². The van der Waals surface area contributed by atoms with Gasteiger partial charge in [0, 0.05) is 15.1 Å². The van der Waals surface area contributed by atoms with Crippen molar-refractivity contribution in [2.75, 3.05) is 7.11 Å². The Balaban J connectivity index is 2.48. The number of pyridine rings is 1. The first-order valence-electron chi connectivity index (χ1n) is 6.15. The Labute approximate surface area is 135 Å². The minimum atomic E-state index is -0.276. The number of methoxy groups -OCH3 is 1. The van der Waals surface area contributed by atoms with Crippen LogP contribution in [0.1, 0.15) is 28.4 Å². The van der Waals surface area contributed by atoms with Gasteiger partial charge in [-0.05, 0) is 74.5 Å². The van der Waals surface area contributed by atoms with Crippen molar-refractivity contribution in [1.29, 1.82) is 0 Å². The fraction of sp³-hybridized carbons (Fsp3) is 0.267. The Hall–Kier alpha value is -0.910. The van der Waals surface area contributed by atoms with E-state index in [4.69, 9.17) is 10.5 Å². The molecule has 2 rings (SSSR count). The van der Waals surface area contributed by atoms with Gasteiger partial charge in [0.15, 0.2) is 0 Å². The van der Waals surface area contributed by atoms with Crippen molar-refractivity contribution in [1.82, 2.24) is 4.98 Å². The molecule has 0 fully saturated rings. The van der Waals surface area contributed by atoms with Gasteiger partial charge in [0.1, 0.15) is 5.75 Å². The highest BCUT2D eigenvalue weighted by Crippen LogP contribution is 2.31. The molecule has 1 heterocycles. The van der Waals surface area contributed by atoms with Crippen LogP contribution in [0.2, 0.25) is 0 Å². The average molecular weight is 400 g/mol. The summed E-state index contributed by atoms with van der Waals surface area (Å²) in [6.07, 6.45) is 1.76. The molecule has 2 aromatic rings. The summed E-state index contributed by atoms with van der Waals surface area (Å²) in [7, 11) is 1.67. The largest absolute Gasteiger partial charge is 0.496 e. The Kier molecular flexibility index (Phi) is 4.83. The minimum Gasteiger partial charge on any atom is -0.496 e. The second kappa shape index (κ2) is 6.24. The maximum atomic E-state index is 6.38. The van der Waals surface area contributed by atoms with E-state index in [1.165, 1.54) is 0 Å². The second-order valence-electron chi connectivity index (χ2n) is 4.68. The fourth-order valence-corrected chi connectivity index (χ4v) is 3.40. The van der Waals surface area contributed by atoms with Gasteiger partial charge in [-0.15, -0.1) is 0 Å². The van der Waals surface area contributed by atoms with Crippen molar-refractivity contribution in [3.63, 3.8) is 0 Å². The van der Waals surface area contributed by atoms with E-state index in [0.717, 1.165) is 37.1 Å². The summed E-state index contributed by atoms with van der Waals surface area (Å²) in [6.45, 7) is 4.04. The lowest BCUT2D eigenvalue weighted by Gasteiger charge is -2.18. The van der Waals surface area contributed by atoms with E-state index >= 15 is 0 Å². The topological polar surface area (TPSA) is 48.1 Å². The van der Waals surface area contributed by atoms with Crippen LogP contribution in [-0.2, 0) is 0 Å². The summed E-state index contributed by atoms with van der Waals surface area (Å²) >= 11 is 6.92. The fourth-order valence-electron chi connectivity index (χ4n) is 2.17. The molecule has 0 saturated heterocycles. The quantitative estimate of drug-likeness (QED) is 0.837. The predicted molar refractivity (Wildman–Crippen MR) is 88.1 cm³/mol. The highest BCUT2D eigenvalue weighted by molar-refractivity contribution is 9.11. The molecule has 2 N–H and O–H groups in total. The van der Waals surface area contributed by atoms with Crippen LogP contribution in [0.4, 0.5) is 0 Å². The standard InChI is InChI=1S/C15H16Br2N2O/c1-8-5-13(20-3)9(2)4-11(8)14(18)15-12(17)6-10(16)7-19-15/h4-7,14H,18H2,1-3H3. The van der Waals surface area contributed by atoms with Gasteiger partial charge >= 0.3 is 0 Å². The maximum absolute atomic E-state index is 6.38. The smallest absolute Gasteiger partial charge is 0.122 e. The number of aromatic nitrogens is 1. The minimum absolute atomic E-state index is 0.276. The number of ether oxygens (including phenoxy) is 1. The maximum Gasteiger partial charge on any atom is 0.122 e. The molecule has 1 unspecified atom stereocenters. The molecular weight excluding hydrogens is 384 g/mol. The summed E-state index contributed by atoms with van der Waals surface area (Å²) in [5.41, 5.74) is 10.4. The average Bonchev–Trinajstić information content (AvgIpc) is 2.40. The van der Waals surface area contributed by atoms with Crippen LogP contribution < -0.4 is 10.5 Å². The zero-order chi connectivity index (χ0) is 14.9. The van der Waals surface area contributed by atoms with Crippen molar-refractivity contribution < 1.29 is 4.74 Å². The highest BCUT2D eigenvalue weighted by atomic mass is 79.9. The molecule has 0 saturated carbocycles. The van der Waals surface area contributed by atoms with Gasteiger partial charge in [0.2, 0.25) is 0 Å². The van der Waals surface area contributed by atoms with Crippen LogP contribution >= 0.6 is 31.9 Å². The summed E-state index contributed by atoms with van der Waals surface area (Å²) in [5, 5.41) is 0. The summed E-state index contributed by atoms with van der Waals surface area (Å²) in [6, 6.07) is 5.75. The number of aryl methyl sites for hydroxylation is 2. The van der Waals surface area contributed by atoms with Crippen LogP contribution in [-0.4, -0.2) is 12.1 Å². The predicted octanol–water partition coefficient (Wildman–Crippen LogP) is 4.28. The SMILES string of the molecule is COc1cc(C)c(C(N)c2ncc(Br)cc2Br)cc1C. The molecule has 0 amide bonds. The molecular formula is C15H16Br2N2O. The van der Waals surface area contributed by atoms with Crippen LogP contribution in [0.3, 0.4) is 0 Å². The number of halogens is 2. The third kappa shape index (κ3) is 3.05. The zero-order valence-corrected chi connectivity index (χ0v) is 14.7. The highest BCUT2D eigenvalue weighted by Gasteiger charge is 2.17. The molecule has 0 bridgehead atoms. The third-order valence-electron chi connectivity index (χ3n) is 3.25. The number of nitrogens with two attached hydrogens (primary N) is 1. The molecule has 0 aliphatic heterocycles. The number of rotatable bonds is 3. The summed E-state index contributed by atoms with van der Waals surface area (Å²) in [5.74, 6) is 0.876.